The Kier molecular flexibility index (Phi) is 3.22. The molecular formula is C19H29BrO3. The molecule has 0 radical (unpaired) electrons. The van der Waals surface area contributed by atoms with Gasteiger partial charge in [-0.25, -0.2) is 0 Å². The van der Waals surface area contributed by atoms with Crippen LogP contribution in [0, 0.1) is 28.6 Å². The molecule has 0 unspecified atom stereocenters. The number of hydrogen-bond donors (Lipinski definition) is 2. The van der Waals surface area contributed by atoms with E-state index in [1.165, 1.54) is 12.8 Å². The molecule has 1 aliphatic heterocycles. The number of rotatable bonds is 0. The fourth-order valence-corrected chi connectivity index (χ4v) is 8.98. The topological polar surface area (TPSA) is 49.7 Å². The summed E-state index contributed by atoms with van der Waals surface area (Å²) in [7, 11) is 0. The smallest absolute Gasteiger partial charge is 0.0738 e. The molecule has 9 atom stereocenters. The van der Waals surface area contributed by atoms with E-state index in [4.69, 9.17) is 4.74 Å². The zero-order chi connectivity index (χ0) is 16.0. The van der Waals surface area contributed by atoms with Crippen molar-refractivity contribution in [3.63, 3.8) is 0 Å². The van der Waals surface area contributed by atoms with Gasteiger partial charge in [-0.2, -0.15) is 0 Å². The predicted octanol–water partition coefficient (Wildman–Crippen LogP) is 3.26. The maximum Gasteiger partial charge on any atom is 0.0738 e. The lowest BCUT2D eigenvalue weighted by Crippen LogP contribution is -2.63. The Hall–Kier alpha value is 0.360. The number of aliphatic hydroxyl groups excluding tert-OH is 2. The molecule has 2 bridgehead atoms. The molecule has 1 saturated heterocycles. The molecule has 0 spiro atoms. The Bertz CT molecular complexity index is 527. The number of hydrogen-bond acceptors (Lipinski definition) is 3. The standard InChI is InChI=1S/C19H29BrO3/c1-17-6-5-14-12(13(17)2-3-15(17)22)8-16-19(20)9-11(21)4-7-18(14,19)10-23-16/h11-16,21-22H,2-10H2,1H3/t11-,12+,13-,14-,15-,16+,17+,18-,19-/m0/s1. The third-order valence-corrected chi connectivity index (χ3v) is 10.5. The lowest BCUT2D eigenvalue weighted by Gasteiger charge is -2.62. The summed E-state index contributed by atoms with van der Waals surface area (Å²) in [5.41, 5.74) is 0.354. The zero-order valence-electron chi connectivity index (χ0n) is 14.0. The molecule has 4 heteroatoms. The van der Waals surface area contributed by atoms with Gasteiger partial charge in [-0.05, 0) is 74.5 Å². The van der Waals surface area contributed by atoms with Crippen molar-refractivity contribution in [3.8, 4) is 0 Å². The molecule has 5 rings (SSSR count). The monoisotopic (exact) mass is 384 g/mol. The van der Waals surface area contributed by atoms with Gasteiger partial charge in [-0.1, -0.05) is 22.9 Å². The second-order valence-corrected chi connectivity index (χ2v) is 10.9. The highest BCUT2D eigenvalue weighted by Gasteiger charge is 2.72. The summed E-state index contributed by atoms with van der Waals surface area (Å²) in [6, 6.07) is 0. The van der Waals surface area contributed by atoms with Crippen molar-refractivity contribution in [3.05, 3.63) is 0 Å². The molecule has 1 heterocycles. The minimum absolute atomic E-state index is 0.0101. The fraction of sp³-hybridized carbons (Fsp3) is 1.00. The summed E-state index contributed by atoms with van der Waals surface area (Å²) in [5.74, 6) is 2.08. The van der Waals surface area contributed by atoms with E-state index in [1.54, 1.807) is 0 Å². The van der Waals surface area contributed by atoms with Crippen LogP contribution in [-0.4, -0.2) is 39.5 Å². The van der Waals surface area contributed by atoms with E-state index in [0.717, 1.165) is 45.1 Å². The first-order valence-electron chi connectivity index (χ1n) is 9.57. The van der Waals surface area contributed by atoms with E-state index in [1.807, 2.05) is 0 Å². The van der Waals surface area contributed by atoms with E-state index >= 15 is 0 Å². The number of alkyl halides is 1. The van der Waals surface area contributed by atoms with Crippen LogP contribution in [0.4, 0.5) is 0 Å². The lowest BCUT2D eigenvalue weighted by atomic mass is 9.45. The van der Waals surface area contributed by atoms with Gasteiger partial charge in [0.15, 0.2) is 0 Å². The molecule has 4 saturated carbocycles. The zero-order valence-corrected chi connectivity index (χ0v) is 15.6. The second-order valence-electron chi connectivity index (χ2n) is 9.47. The van der Waals surface area contributed by atoms with E-state index < -0.39 is 0 Å². The minimum Gasteiger partial charge on any atom is -0.393 e. The van der Waals surface area contributed by atoms with Crippen molar-refractivity contribution >= 4 is 15.9 Å². The normalized spacial score (nSPS) is 64.2. The van der Waals surface area contributed by atoms with Gasteiger partial charge in [0.05, 0.1) is 29.2 Å². The summed E-state index contributed by atoms with van der Waals surface area (Å²) in [4.78, 5) is 0. The fourth-order valence-electron chi connectivity index (χ4n) is 7.68. The van der Waals surface area contributed by atoms with Gasteiger partial charge >= 0.3 is 0 Å². The molecule has 4 aliphatic carbocycles. The second kappa shape index (κ2) is 4.75. The Morgan fingerprint density at radius 1 is 1.04 bits per heavy atom. The number of halogens is 1. The van der Waals surface area contributed by atoms with Crippen LogP contribution < -0.4 is 0 Å². The van der Waals surface area contributed by atoms with Gasteiger partial charge in [-0.15, -0.1) is 0 Å². The van der Waals surface area contributed by atoms with Crippen molar-refractivity contribution in [2.24, 2.45) is 28.6 Å². The summed E-state index contributed by atoms with van der Waals surface area (Å²) in [6.07, 6.45) is 8.55. The lowest BCUT2D eigenvalue weighted by molar-refractivity contribution is -0.112. The van der Waals surface area contributed by atoms with Crippen molar-refractivity contribution < 1.29 is 14.9 Å². The average Bonchev–Trinajstić information content (AvgIpc) is 2.88. The Morgan fingerprint density at radius 2 is 1.87 bits per heavy atom. The van der Waals surface area contributed by atoms with Crippen molar-refractivity contribution in [2.75, 3.05) is 6.61 Å². The highest BCUT2D eigenvalue weighted by atomic mass is 79.9. The van der Waals surface area contributed by atoms with Crippen LogP contribution in [0.5, 0.6) is 0 Å². The SMILES string of the molecule is C[C@@]12CC[C@H]3[C@H](C[C@H]4OC[C@@]35CC[C@H](O)C[C@]45Br)[C@@H]1CC[C@@H]2O. The van der Waals surface area contributed by atoms with Crippen LogP contribution in [0.1, 0.15) is 58.3 Å². The highest BCUT2D eigenvalue weighted by molar-refractivity contribution is 9.10. The maximum absolute atomic E-state index is 10.6. The van der Waals surface area contributed by atoms with Gasteiger partial charge in [0.2, 0.25) is 0 Å². The number of ether oxygens (including phenoxy) is 1. The molecule has 2 N–H and O–H groups in total. The third kappa shape index (κ3) is 1.72. The summed E-state index contributed by atoms with van der Waals surface area (Å²) >= 11 is 4.12. The predicted molar refractivity (Wildman–Crippen MR) is 91.4 cm³/mol. The van der Waals surface area contributed by atoms with Gasteiger partial charge in [-0.3, -0.25) is 0 Å². The van der Waals surface area contributed by atoms with Crippen molar-refractivity contribution in [2.45, 2.75) is 80.9 Å². The maximum atomic E-state index is 10.6. The van der Waals surface area contributed by atoms with Gasteiger partial charge < -0.3 is 14.9 Å². The van der Waals surface area contributed by atoms with Gasteiger partial charge in [0.1, 0.15) is 0 Å². The summed E-state index contributed by atoms with van der Waals surface area (Å²) in [5, 5.41) is 20.8. The van der Waals surface area contributed by atoms with Crippen molar-refractivity contribution in [1.82, 2.24) is 0 Å². The van der Waals surface area contributed by atoms with Gasteiger partial charge in [0, 0.05) is 5.41 Å². The average molecular weight is 385 g/mol. The molecule has 3 nitrogen and oxygen atoms in total. The summed E-state index contributed by atoms with van der Waals surface area (Å²) in [6.45, 7) is 3.22. The highest BCUT2D eigenvalue weighted by Crippen LogP contribution is 2.72. The molecule has 0 amide bonds. The van der Waals surface area contributed by atoms with E-state index in [0.29, 0.717) is 17.8 Å². The first kappa shape index (κ1) is 15.6. The first-order chi connectivity index (χ1) is 10.9. The van der Waals surface area contributed by atoms with Crippen molar-refractivity contribution in [1.29, 1.82) is 0 Å². The minimum atomic E-state index is -0.176. The van der Waals surface area contributed by atoms with Crippen LogP contribution in [0.3, 0.4) is 0 Å². The van der Waals surface area contributed by atoms with Gasteiger partial charge in [0.25, 0.3) is 0 Å². The Morgan fingerprint density at radius 3 is 2.70 bits per heavy atom. The van der Waals surface area contributed by atoms with Crippen LogP contribution >= 0.6 is 15.9 Å². The molecule has 0 aromatic heterocycles. The number of aliphatic hydroxyl groups is 2. The van der Waals surface area contributed by atoms with E-state index in [2.05, 4.69) is 22.9 Å². The molecule has 23 heavy (non-hydrogen) atoms. The molecular weight excluding hydrogens is 356 g/mol. The quantitative estimate of drug-likeness (QED) is 0.630. The molecule has 0 aromatic carbocycles. The largest absolute Gasteiger partial charge is 0.393 e. The summed E-state index contributed by atoms with van der Waals surface area (Å²) < 4.78 is 6.34. The molecule has 0 aromatic rings. The number of fused-ring (bicyclic) bond motifs is 3. The van der Waals surface area contributed by atoms with E-state index in [9.17, 15) is 10.2 Å². The first-order valence-corrected chi connectivity index (χ1v) is 10.4. The van der Waals surface area contributed by atoms with Crippen LogP contribution in [0.25, 0.3) is 0 Å². The van der Waals surface area contributed by atoms with Crippen LogP contribution in [0.15, 0.2) is 0 Å². The molecule has 5 aliphatic rings. The third-order valence-electron chi connectivity index (χ3n) is 8.92. The Balaban J connectivity index is 1.55. The molecule has 5 fully saturated rings. The van der Waals surface area contributed by atoms with Crippen LogP contribution in [-0.2, 0) is 4.74 Å². The molecule has 130 valence electrons. The Labute approximate surface area is 147 Å². The van der Waals surface area contributed by atoms with Crippen LogP contribution in [0.2, 0.25) is 0 Å². The van der Waals surface area contributed by atoms with E-state index in [-0.39, 0.29) is 33.5 Å².